The van der Waals surface area contributed by atoms with E-state index in [1.165, 1.54) is 21.1 Å². The van der Waals surface area contributed by atoms with E-state index in [0.29, 0.717) is 5.41 Å². The summed E-state index contributed by atoms with van der Waals surface area (Å²) in [6.45, 7) is 62.4. The van der Waals surface area contributed by atoms with Crippen LogP contribution < -0.4 is 5.73 Å². The number of carbonyl (C=O) groups is 7. The molecule has 13 nitrogen and oxygen atoms in total. The molecule has 2 N–H and O–H groups in total. The lowest BCUT2D eigenvalue weighted by atomic mass is 9.92. The lowest BCUT2D eigenvalue weighted by Gasteiger charge is -2.13. The van der Waals surface area contributed by atoms with E-state index in [-0.39, 0.29) is 67.4 Å². The first-order chi connectivity index (χ1) is 28.3. The minimum Gasteiger partial charge on any atom is -0.469 e. The third-order valence-corrected chi connectivity index (χ3v) is 6.71. The number of ether oxygens (including phenoxy) is 3. The number of primary amides is 1. The summed E-state index contributed by atoms with van der Waals surface area (Å²) in [6.07, 6.45) is 6.99. The Balaban J connectivity index is -0.0000000794. The molecule has 0 aromatic rings. The van der Waals surface area contributed by atoms with Crippen LogP contribution in [0, 0.1) is 55.7 Å². The second kappa shape index (κ2) is 35.7. The summed E-state index contributed by atoms with van der Waals surface area (Å²) in [5.74, 6) is 1.45. The number of hydrogen-bond donors (Lipinski definition) is 1. The molecule has 0 fully saturated rings. The standard InChI is InChI=1S/C7H12O3.2C6H12O2.2C6H12O.C6H12.C6H10.C5H11N2.C5H11NO/c1-5(8)10-6(9)7(2,3)4;2*1-6(2,3)5(7)8-4;2*1-5(7)6(2,3)4;2*1-5-6(2,3)4;1-5(2,3)7-6-4;1-5(2,3)4(6)7/h1-4H3;2*1-4H3;2*1-4H3;5H,1H2,2-4H3;1H,2-4H3;4H2,1-3H3;1-3H3,(H2,6,7)/q;;;;;;;+1;. The summed E-state index contributed by atoms with van der Waals surface area (Å²) in [5.41, 5.74) is 3.32. The number of ketones is 2. The molecule has 0 bridgehead atoms. The summed E-state index contributed by atoms with van der Waals surface area (Å²) >= 11 is 0. The maximum Gasteiger partial charge on any atom is 0.318 e. The molecular formula is C53H104N3O10+. The highest BCUT2D eigenvalue weighted by atomic mass is 16.6. The molecule has 0 aromatic heterocycles. The first-order valence-corrected chi connectivity index (χ1v) is 21.8. The van der Waals surface area contributed by atoms with Crippen molar-refractivity contribution < 1.29 is 52.6 Å². The number of allylic oxidation sites excluding steroid dienone is 1. The summed E-state index contributed by atoms with van der Waals surface area (Å²) in [4.78, 5) is 76.9. The fourth-order valence-electron chi connectivity index (χ4n) is 1.11. The van der Waals surface area contributed by atoms with Crippen LogP contribution >= 0.6 is 0 Å². The molecule has 0 atom stereocenters. The maximum absolute atomic E-state index is 10.8. The van der Waals surface area contributed by atoms with Crippen molar-refractivity contribution in [2.24, 2.45) is 54.2 Å². The van der Waals surface area contributed by atoms with Gasteiger partial charge >= 0.3 is 23.9 Å². The molecule has 0 unspecified atom stereocenters. The zero-order valence-electron chi connectivity index (χ0n) is 48.6. The average molecular weight is 943 g/mol. The van der Waals surface area contributed by atoms with Gasteiger partial charge in [0.25, 0.3) is 6.72 Å². The van der Waals surface area contributed by atoms with Crippen LogP contribution in [0.3, 0.4) is 0 Å². The Morgan fingerprint density at radius 1 is 0.515 bits per heavy atom. The van der Waals surface area contributed by atoms with Crippen molar-refractivity contribution in [1.29, 1.82) is 0 Å². The highest BCUT2D eigenvalue weighted by molar-refractivity contribution is 5.87. The Morgan fingerprint density at radius 3 is 0.727 bits per heavy atom. The number of hydrogen-bond acceptors (Lipinski definition) is 11. The summed E-state index contributed by atoms with van der Waals surface area (Å²) in [5, 5.41) is 3.77. The lowest BCUT2D eigenvalue weighted by Crippen LogP contribution is -2.27. The number of esters is 4. The number of carbonyl (C=O) groups excluding carboxylic acids is 7. The topological polar surface area (TPSA) is 200 Å². The zero-order valence-corrected chi connectivity index (χ0v) is 48.6. The second-order valence-electron chi connectivity index (χ2n) is 24.2. The van der Waals surface area contributed by atoms with Gasteiger partial charge in [0.05, 0.1) is 35.6 Å². The Hall–Kier alpha value is -4.43. The van der Waals surface area contributed by atoms with Gasteiger partial charge in [0, 0.05) is 33.4 Å². The van der Waals surface area contributed by atoms with Crippen molar-refractivity contribution in [2.75, 3.05) is 14.2 Å². The summed E-state index contributed by atoms with van der Waals surface area (Å²) in [7, 11) is 2.79. The molecule has 0 rings (SSSR count). The maximum atomic E-state index is 10.8. The molecule has 66 heavy (non-hydrogen) atoms. The quantitative estimate of drug-likeness (QED) is 0.0356. The van der Waals surface area contributed by atoms with E-state index in [0.717, 1.165) is 0 Å². The Bertz CT molecular complexity index is 1410. The molecule has 0 heterocycles. The predicted octanol–water partition coefficient (Wildman–Crippen LogP) is 12.3. The number of nitrogens with two attached hydrogens (primary N) is 1. The number of methoxy groups -OCH3 is 2. The molecule has 0 aliphatic heterocycles. The van der Waals surface area contributed by atoms with E-state index in [9.17, 15) is 33.6 Å². The molecule has 0 spiro atoms. The Morgan fingerprint density at radius 2 is 0.712 bits per heavy atom. The molecule has 0 aromatic carbocycles. The van der Waals surface area contributed by atoms with Crippen LogP contribution in [0.5, 0.6) is 0 Å². The lowest BCUT2D eigenvalue weighted by molar-refractivity contribution is -0.164. The van der Waals surface area contributed by atoms with Crippen LogP contribution in [0.4, 0.5) is 0 Å². The minimum atomic E-state index is -0.592. The number of nitrogens with zero attached hydrogens (tertiary/aromatic N) is 2. The summed E-state index contributed by atoms with van der Waals surface area (Å²) < 4.78 is 13.3. The van der Waals surface area contributed by atoms with Crippen molar-refractivity contribution in [2.45, 2.75) is 213 Å². The van der Waals surface area contributed by atoms with Crippen molar-refractivity contribution >= 4 is 48.1 Å². The fraction of sp³-hybridized carbons (Fsp3) is 0.774. The van der Waals surface area contributed by atoms with Crippen LogP contribution in [0.2, 0.25) is 0 Å². The first-order valence-electron chi connectivity index (χ1n) is 21.8. The number of terminal acetylenes is 1. The number of rotatable bonds is 0. The van der Waals surface area contributed by atoms with Crippen molar-refractivity contribution in [3.05, 3.63) is 12.7 Å². The highest BCUT2D eigenvalue weighted by Crippen LogP contribution is 2.17. The normalized spacial score (nSPS) is 11.0. The summed E-state index contributed by atoms with van der Waals surface area (Å²) in [6, 6.07) is 0. The van der Waals surface area contributed by atoms with Gasteiger partial charge in [0.2, 0.25) is 5.91 Å². The third kappa shape index (κ3) is 83.2. The van der Waals surface area contributed by atoms with Gasteiger partial charge in [-0.3, -0.25) is 33.6 Å². The van der Waals surface area contributed by atoms with E-state index in [1.54, 1.807) is 55.4 Å². The highest BCUT2D eigenvalue weighted by Gasteiger charge is 2.24. The van der Waals surface area contributed by atoms with Gasteiger partial charge in [0.15, 0.2) is 0 Å². The van der Waals surface area contributed by atoms with Crippen molar-refractivity contribution in [3.8, 4) is 12.3 Å². The van der Waals surface area contributed by atoms with Gasteiger partial charge < -0.3 is 19.9 Å². The van der Waals surface area contributed by atoms with E-state index in [4.69, 9.17) is 12.2 Å². The van der Waals surface area contributed by atoms with Gasteiger partial charge in [-0.1, -0.05) is 89.2 Å². The molecule has 0 aliphatic rings. The van der Waals surface area contributed by atoms with Crippen LogP contribution in [0.15, 0.2) is 17.8 Å². The first kappa shape index (κ1) is 81.7. The monoisotopic (exact) mass is 943 g/mol. The Labute approximate surface area is 406 Å². The predicted molar refractivity (Wildman–Crippen MR) is 276 cm³/mol. The number of amides is 1. The van der Waals surface area contributed by atoms with Crippen molar-refractivity contribution in [1.82, 2.24) is 0 Å². The molecule has 0 aliphatic carbocycles. The fourth-order valence-corrected chi connectivity index (χ4v) is 1.11. The van der Waals surface area contributed by atoms with E-state index in [1.807, 2.05) is 131 Å². The average Bonchev–Trinajstić information content (AvgIpc) is 3.05. The van der Waals surface area contributed by atoms with Gasteiger partial charge in [-0.05, 0) is 123 Å². The Kier molecular flexibility index (Phi) is 44.2. The van der Waals surface area contributed by atoms with Crippen molar-refractivity contribution in [3.63, 3.8) is 0 Å². The smallest absolute Gasteiger partial charge is 0.318 e. The van der Waals surface area contributed by atoms with Crippen LogP contribution in [-0.4, -0.2) is 72.6 Å². The molecular weight excluding hydrogens is 839 g/mol. The van der Waals surface area contributed by atoms with Gasteiger partial charge in [0.1, 0.15) is 17.1 Å². The van der Waals surface area contributed by atoms with E-state index >= 15 is 0 Å². The molecule has 13 heteroatoms. The molecule has 0 radical (unpaired) electrons. The second-order valence-corrected chi connectivity index (χ2v) is 24.2. The van der Waals surface area contributed by atoms with Gasteiger partial charge in [-0.25, -0.2) is 0 Å². The minimum absolute atomic E-state index is 0.0538. The van der Waals surface area contributed by atoms with E-state index in [2.05, 4.69) is 64.1 Å². The SMILES string of the molecule is C#CC(C)(C)C.C=CC(C)(C)C.C=[N+]=NC(C)(C)C.CC(=O)C(C)(C)C.CC(=O)C(C)(C)C.CC(=O)OC(=O)C(C)(C)C.CC(C)(C)C(N)=O.COC(=O)C(C)(C)C.COC(=O)C(C)(C)C. The van der Waals surface area contributed by atoms with Gasteiger partial charge in [-0.2, -0.15) is 0 Å². The molecule has 0 saturated heterocycles. The van der Waals surface area contributed by atoms with Crippen LogP contribution in [-0.2, 0) is 47.8 Å². The van der Waals surface area contributed by atoms with Crippen LogP contribution in [0.25, 0.3) is 0 Å². The zero-order chi connectivity index (χ0) is 56.5. The van der Waals surface area contributed by atoms with Gasteiger partial charge in [-0.15, -0.1) is 18.9 Å². The number of Topliss-reactive ketones (excluding diaryl/α,β-unsaturated/α-hetero) is 2. The van der Waals surface area contributed by atoms with E-state index < -0.39 is 17.4 Å². The molecule has 1 amide bonds. The molecule has 390 valence electrons. The largest absolute Gasteiger partial charge is 0.469 e. The third-order valence-electron chi connectivity index (χ3n) is 6.71. The molecule has 0 saturated carbocycles. The van der Waals surface area contributed by atoms with Crippen LogP contribution in [0.1, 0.15) is 208 Å².